The molecule has 2 bridgehead atoms. The summed E-state index contributed by atoms with van der Waals surface area (Å²) >= 11 is 1.76. The van der Waals surface area contributed by atoms with Crippen LogP contribution < -0.4 is 0 Å². The number of fused-ring (bicyclic) bond motifs is 2. The third-order valence-corrected chi connectivity index (χ3v) is 9.71. The Balaban J connectivity index is 1.63. The van der Waals surface area contributed by atoms with E-state index in [-0.39, 0.29) is 38.8 Å². The first kappa shape index (κ1) is 25.6. The summed E-state index contributed by atoms with van der Waals surface area (Å²) in [5.74, 6) is 0.818. The number of benzene rings is 1. The van der Waals surface area contributed by atoms with Gasteiger partial charge in [0, 0.05) is 23.9 Å². The van der Waals surface area contributed by atoms with Crippen molar-refractivity contribution in [2.75, 3.05) is 12.3 Å². The van der Waals surface area contributed by atoms with Crippen molar-refractivity contribution in [1.82, 2.24) is 9.80 Å². The van der Waals surface area contributed by atoms with Crippen molar-refractivity contribution >= 4 is 23.6 Å². The number of carbonyl (C=O) groups excluding carboxylic acids is 2. The molecule has 3 aliphatic rings. The lowest BCUT2D eigenvalue weighted by Crippen LogP contribution is -2.54. The van der Waals surface area contributed by atoms with E-state index in [1.54, 1.807) is 11.8 Å². The van der Waals surface area contributed by atoms with Crippen molar-refractivity contribution < 1.29 is 9.59 Å². The molecule has 1 aromatic rings. The van der Waals surface area contributed by atoms with Crippen LogP contribution in [0.15, 0.2) is 24.3 Å². The van der Waals surface area contributed by atoms with Gasteiger partial charge in [-0.3, -0.25) is 9.59 Å². The highest BCUT2D eigenvalue weighted by Gasteiger charge is 2.54. The summed E-state index contributed by atoms with van der Waals surface area (Å²) in [6.45, 7) is 20.9. The van der Waals surface area contributed by atoms with Gasteiger partial charge >= 0.3 is 0 Å². The molecule has 0 aromatic heterocycles. The van der Waals surface area contributed by atoms with Gasteiger partial charge in [0.1, 0.15) is 6.04 Å². The van der Waals surface area contributed by atoms with Gasteiger partial charge in [-0.15, -0.1) is 11.8 Å². The van der Waals surface area contributed by atoms with Gasteiger partial charge < -0.3 is 9.80 Å². The van der Waals surface area contributed by atoms with E-state index in [9.17, 15) is 9.59 Å². The number of hydrogen-bond donors (Lipinski definition) is 0. The molecule has 1 saturated carbocycles. The Bertz CT molecular complexity index is 956. The van der Waals surface area contributed by atoms with Gasteiger partial charge in [0.2, 0.25) is 5.91 Å². The summed E-state index contributed by atoms with van der Waals surface area (Å²) in [6, 6.07) is 7.91. The molecule has 5 heteroatoms. The second kappa shape index (κ2) is 8.28. The van der Waals surface area contributed by atoms with Crippen LogP contribution >= 0.6 is 11.8 Å². The largest absolute Gasteiger partial charge is 0.337 e. The first-order valence-corrected chi connectivity index (χ1v) is 13.9. The zero-order valence-electron chi connectivity index (χ0n) is 22.7. The first-order chi connectivity index (χ1) is 15.5. The quantitative estimate of drug-likeness (QED) is 0.492. The monoisotopic (exact) mass is 484 g/mol. The third kappa shape index (κ3) is 4.79. The fourth-order valence-corrected chi connectivity index (χ4v) is 8.35. The lowest BCUT2D eigenvalue weighted by Gasteiger charge is -2.40. The molecule has 34 heavy (non-hydrogen) atoms. The number of carbonyl (C=O) groups is 2. The molecular formula is C29H44N2O2S. The van der Waals surface area contributed by atoms with Crippen LogP contribution in [0.3, 0.4) is 0 Å². The summed E-state index contributed by atoms with van der Waals surface area (Å²) in [6.07, 6.45) is 3.30. The molecule has 188 valence electrons. The van der Waals surface area contributed by atoms with Crippen molar-refractivity contribution in [3.05, 3.63) is 35.4 Å². The second-order valence-corrected chi connectivity index (χ2v) is 15.4. The van der Waals surface area contributed by atoms with Crippen LogP contribution in [0.2, 0.25) is 0 Å². The molecule has 0 spiro atoms. The van der Waals surface area contributed by atoms with Crippen molar-refractivity contribution in [3.63, 3.8) is 0 Å². The van der Waals surface area contributed by atoms with E-state index < -0.39 is 6.04 Å². The van der Waals surface area contributed by atoms with Gasteiger partial charge in [-0.05, 0) is 58.6 Å². The van der Waals surface area contributed by atoms with Crippen molar-refractivity contribution in [2.45, 2.75) is 104 Å². The Morgan fingerprint density at radius 2 is 1.59 bits per heavy atom. The summed E-state index contributed by atoms with van der Waals surface area (Å²) < 4.78 is 0. The smallest absolute Gasteiger partial charge is 0.255 e. The number of rotatable bonds is 2. The van der Waals surface area contributed by atoms with E-state index in [4.69, 9.17) is 0 Å². The number of thioether (sulfide) groups is 1. The summed E-state index contributed by atoms with van der Waals surface area (Å²) in [4.78, 5) is 32.1. The summed E-state index contributed by atoms with van der Waals surface area (Å²) in [5.41, 5.74) is 2.25. The zero-order chi connectivity index (χ0) is 25.3. The molecule has 4 rings (SSSR count). The molecule has 2 amide bonds. The van der Waals surface area contributed by atoms with Crippen LogP contribution in [0.25, 0.3) is 0 Å². The third-order valence-electron chi connectivity index (χ3n) is 7.96. The van der Waals surface area contributed by atoms with Gasteiger partial charge in [0.25, 0.3) is 5.91 Å². The molecule has 1 aliphatic carbocycles. The average molecular weight is 485 g/mol. The lowest BCUT2D eigenvalue weighted by atomic mass is 9.65. The topological polar surface area (TPSA) is 40.6 Å². The van der Waals surface area contributed by atoms with E-state index >= 15 is 0 Å². The number of hydrogen-bond acceptors (Lipinski definition) is 3. The van der Waals surface area contributed by atoms with Crippen molar-refractivity contribution in [3.8, 4) is 0 Å². The van der Waals surface area contributed by atoms with E-state index in [0.717, 1.165) is 25.8 Å². The summed E-state index contributed by atoms with van der Waals surface area (Å²) in [7, 11) is 0. The molecule has 4 atom stereocenters. The average Bonchev–Trinajstić information content (AvgIpc) is 3.24. The molecule has 2 saturated heterocycles. The zero-order valence-corrected chi connectivity index (χ0v) is 23.5. The molecule has 2 aliphatic heterocycles. The maximum Gasteiger partial charge on any atom is 0.255 e. The normalized spacial score (nSPS) is 31.1. The van der Waals surface area contributed by atoms with Crippen molar-refractivity contribution in [2.24, 2.45) is 16.2 Å². The Morgan fingerprint density at radius 1 is 0.971 bits per heavy atom. The Kier molecular flexibility index (Phi) is 6.24. The highest BCUT2D eigenvalue weighted by molar-refractivity contribution is 8.00. The first-order valence-electron chi connectivity index (χ1n) is 12.9. The van der Waals surface area contributed by atoms with E-state index in [0.29, 0.717) is 17.4 Å². The Labute approximate surface area is 211 Å². The van der Waals surface area contributed by atoms with Crippen LogP contribution in [0.1, 0.15) is 97.5 Å². The Hall–Kier alpha value is -1.49. The highest BCUT2D eigenvalue weighted by atomic mass is 32.2. The molecule has 1 aromatic carbocycles. The second-order valence-electron chi connectivity index (χ2n) is 14.3. The van der Waals surface area contributed by atoms with Gasteiger partial charge in [0.15, 0.2) is 0 Å². The SMILES string of the molecule is CC1(C)CC2CC(C)(CN2C(=O)C2CSC(C(C)(C)C)N2C(=O)c2ccc(C(C)(C)C)cc2)C1. The van der Waals surface area contributed by atoms with Gasteiger partial charge in [-0.2, -0.15) is 0 Å². The molecular weight excluding hydrogens is 440 g/mol. The van der Waals surface area contributed by atoms with Crippen LogP contribution in [0.5, 0.6) is 0 Å². The van der Waals surface area contributed by atoms with Gasteiger partial charge in [0.05, 0.1) is 5.37 Å². The molecule has 3 fully saturated rings. The van der Waals surface area contributed by atoms with E-state index in [1.165, 1.54) is 5.56 Å². The maximum atomic E-state index is 14.1. The maximum absolute atomic E-state index is 14.1. The fourth-order valence-electron chi connectivity index (χ4n) is 6.78. The molecule has 0 radical (unpaired) electrons. The molecule has 2 heterocycles. The minimum absolute atomic E-state index is 0.0163. The van der Waals surface area contributed by atoms with Crippen LogP contribution in [0, 0.1) is 16.2 Å². The Morgan fingerprint density at radius 3 is 2.15 bits per heavy atom. The van der Waals surface area contributed by atoms with Crippen molar-refractivity contribution in [1.29, 1.82) is 0 Å². The predicted octanol–water partition coefficient (Wildman–Crippen LogP) is 6.34. The molecule has 4 nitrogen and oxygen atoms in total. The summed E-state index contributed by atoms with van der Waals surface area (Å²) in [5, 5.41) is -0.0229. The number of likely N-dealkylation sites (tertiary alicyclic amines) is 1. The predicted molar refractivity (Wildman–Crippen MR) is 142 cm³/mol. The van der Waals surface area contributed by atoms with Gasteiger partial charge in [-0.25, -0.2) is 0 Å². The minimum atomic E-state index is -0.393. The van der Waals surface area contributed by atoms with Gasteiger partial charge in [-0.1, -0.05) is 74.4 Å². The molecule has 0 N–H and O–H groups in total. The molecule has 4 unspecified atom stereocenters. The van der Waals surface area contributed by atoms with E-state index in [1.807, 2.05) is 17.0 Å². The standard InChI is InChI=1S/C29H44N2O2S/c1-26(2,3)20-12-10-19(11-13-20)23(32)31-22(16-34-25(31)27(4,5)6)24(33)30-18-29(9)15-21(30)14-28(7,8)17-29/h10-13,21-22,25H,14-18H2,1-9H3. The van der Waals surface area contributed by atoms with Crippen LogP contribution in [-0.2, 0) is 10.2 Å². The number of amides is 2. The minimum Gasteiger partial charge on any atom is -0.337 e. The number of nitrogens with zero attached hydrogens (tertiary/aromatic N) is 2. The lowest BCUT2D eigenvalue weighted by molar-refractivity contribution is -0.136. The highest BCUT2D eigenvalue weighted by Crippen LogP contribution is 2.53. The van der Waals surface area contributed by atoms with Crippen LogP contribution in [0.4, 0.5) is 0 Å². The van der Waals surface area contributed by atoms with E-state index in [2.05, 4.69) is 79.3 Å². The fraction of sp³-hybridized carbons (Fsp3) is 0.724. The van der Waals surface area contributed by atoms with Crippen LogP contribution in [-0.4, -0.2) is 51.4 Å².